The van der Waals surface area contributed by atoms with Gasteiger partial charge in [0, 0.05) is 18.5 Å². The number of nitrogens with zero attached hydrogens (tertiary/aromatic N) is 3. The number of rotatable bonds is 7. The fourth-order valence-electron chi connectivity index (χ4n) is 2.59. The van der Waals surface area contributed by atoms with E-state index in [1.165, 1.54) is 11.1 Å². The van der Waals surface area contributed by atoms with Crippen LogP contribution in [0.1, 0.15) is 43.8 Å². The van der Waals surface area contributed by atoms with Gasteiger partial charge in [-0.3, -0.25) is 0 Å². The number of hydrogen-bond acceptors (Lipinski definition) is 3. The molecule has 0 aliphatic rings. The highest BCUT2D eigenvalue weighted by molar-refractivity contribution is 5.22. The van der Waals surface area contributed by atoms with Crippen molar-refractivity contribution in [3.8, 4) is 0 Å². The summed E-state index contributed by atoms with van der Waals surface area (Å²) >= 11 is 0. The van der Waals surface area contributed by atoms with Crippen LogP contribution in [0.2, 0.25) is 0 Å². The molecule has 2 rings (SSSR count). The van der Waals surface area contributed by atoms with Gasteiger partial charge in [-0.05, 0) is 39.3 Å². The highest BCUT2D eigenvalue weighted by atomic mass is 15.3. The Morgan fingerprint density at radius 1 is 1.14 bits per heavy atom. The second-order valence-electron chi connectivity index (χ2n) is 5.86. The van der Waals surface area contributed by atoms with Crippen LogP contribution in [-0.2, 0) is 12.8 Å². The summed E-state index contributed by atoms with van der Waals surface area (Å²) in [6.07, 6.45) is 3.57. The first-order valence-electron chi connectivity index (χ1n) is 7.77. The quantitative estimate of drug-likeness (QED) is 0.851. The smallest absolute Gasteiger partial charge is 0.138 e. The number of aryl methyl sites for hydroxylation is 1. The van der Waals surface area contributed by atoms with Crippen molar-refractivity contribution < 1.29 is 0 Å². The Balaban J connectivity index is 2.08. The third-order valence-corrected chi connectivity index (χ3v) is 3.66. The number of aromatic nitrogens is 3. The predicted molar refractivity (Wildman–Crippen MR) is 86.5 cm³/mol. The van der Waals surface area contributed by atoms with Gasteiger partial charge in [-0.1, -0.05) is 36.8 Å². The Bertz CT molecular complexity index is 542. The van der Waals surface area contributed by atoms with Crippen LogP contribution in [0, 0.1) is 6.92 Å². The highest BCUT2D eigenvalue weighted by Gasteiger charge is 2.15. The summed E-state index contributed by atoms with van der Waals surface area (Å²) in [4.78, 5) is 4.43. The molecule has 0 radical (unpaired) electrons. The van der Waals surface area contributed by atoms with Gasteiger partial charge in [0.15, 0.2) is 0 Å². The Morgan fingerprint density at radius 3 is 2.48 bits per heavy atom. The third kappa shape index (κ3) is 4.39. The Labute approximate surface area is 127 Å². The van der Waals surface area contributed by atoms with E-state index in [4.69, 9.17) is 0 Å². The second kappa shape index (κ2) is 7.36. The van der Waals surface area contributed by atoms with Gasteiger partial charge in [-0.2, -0.15) is 5.10 Å². The largest absolute Gasteiger partial charge is 0.313 e. The van der Waals surface area contributed by atoms with E-state index < -0.39 is 0 Å². The summed E-state index contributed by atoms with van der Waals surface area (Å²) in [5, 5.41) is 7.89. The number of hydrogen-bond donors (Lipinski definition) is 1. The van der Waals surface area contributed by atoms with Crippen molar-refractivity contribution >= 4 is 0 Å². The second-order valence-corrected chi connectivity index (χ2v) is 5.86. The molecule has 4 heteroatoms. The van der Waals surface area contributed by atoms with Crippen LogP contribution in [0.5, 0.6) is 0 Å². The van der Waals surface area contributed by atoms with Crippen LogP contribution in [-0.4, -0.2) is 27.4 Å². The van der Waals surface area contributed by atoms with Crippen molar-refractivity contribution in [2.45, 2.75) is 52.6 Å². The molecule has 1 heterocycles. The van der Waals surface area contributed by atoms with Gasteiger partial charge < -0.3 is 5.32 Å². The molecule has 4 nitrogen and oxygen atoms in total. The average molecular weight is 286 g/mol. The molecule has 0 aliphatic heterocycles. The van der Waals surface area contributed by atoms with Crippen molar-refractivity contribution in [3.05, 3.63) is 47.5 Å². The van der Waals surface area contributed by atoms with E-state index in [0.29, 0.717) is 12.1 Å². The molecule has 1 aromatic carbocycles. The van der Waals surface area contributed by atoms with Crippen LogP contribution in [0.25, 0.3) is 0 Å². The maximum atomic E-state index is 4.43. The normalized spacial score (nSPS) is 12.8. The highest BCUT2D eigenvalue weighted by Crippen LogP contribution is 2.12. The van der Waals surface area contributed by atoms with E-state index in [9.17, 15) is 0 Å². The molecule has 0 fully saturated rings. The third-order valence-electron chi connectivity index (χ3n) is 3.66. The molecule has 1 atom stereocenters. The standard InChI is InChI=1S/C17H26N4/c1-5-18-16(10-15-8-6-14(4)7-9-15)11-17-19-12-20-21(17)13(2)3/h6-9,12-13,16,18H,5,10-11H2,1-4H3. The van der Waals surface area contributed by atoms with Crippen molar-refractivity contribution in [1.82, 2.24) is 20.1 Å². The maximum Gasteiger partial charge on any atom is 0.138 e. The van der Waals surface area contributed by atoms with Gasteiger partial charge in [0.05, 0.1) is 0 Å². The summed E-state index contributed by atoms with van der Waals surface area (Å²) in [5.41, 5.74) is 2.67. The van der Waals surface area contributed by atoms with Gasteiger partial charge >= 0.3 is 0 Å². The van der Waals surface area contributed by atoms with Crippen LogP contribution in [0.15, 0.2) is 30.6 Å². The van der Waals surface area contributed by atoms with Crippen molar-refractivity contribution in [2.75, 3.05) is 6.54 Å². The predicted octanol–water partition coefficient (Wildman–Crippen LogP) is 2.93. The summed E-state index contributed by atoms with van der Waals surface area (Å²) < 4.78 is 2.01. The van der Waals surface area contributed by atoms with E-state index >= 15 is 0 Å². The minimum Gasteiger partial charge on any atom is -0.313 e. The van der Waals surface area contributed by atoms with Gasteiger partial charge in [0.2, 0.25) is 0 Å². The minimum atomic E-state index is 0.351. The van der Waals surface area contributed by atoms with Gasteiger partial charge in [0.1, 0.15) is 12.2 Å². The number of nitrogens with one attached hydrogen (secondary N) is 1. The first kappa shape index (κ1) is 15.7. The summed E-state index contributed by atoms with van der Waals surface area (Å²) in [7, 11) is 0. The molecule has 21 heavy (non-hydrogen) atoms. The Hall–Kier alpha value is -1.68. The lowest BCUT2D eigenvalue weighted by Gasteiger charge is -2.19. The van der Waals surface area contributed by atoms with Gasteiger partial charge in [0.25, 0.3) is 0 Å². The first-order chi connectivity index (χ1) is 10.1. The van der Waals surface area contributed by atoms with Crippen LogP contribution >= 0.6 is 0 Å². The number of benzene rings is 1. The lowest BCUT2D eigenvalue weighted by Crippen LogP contribution is -2.34. The monoisotopic (exact) mass is 286 g/mol. The first-order valence-corrected chi connectivity index (χ1v) is 7.77. The lowest BCUT2D eigenvalue weighted by atomic mass is 10.0. The molecule has 2 aromatic rings. The SMILES string of the molecule is CCNC(Cc1ccc(C)cc1)Cc1ncnn1C(C)C. The Morgan fingerprint density at radius 2 is 1.86 bits per heavy atom. The van der Waals surface area contributed by atoms with Crippen LogP contribution < -0.4 is 5.32 Å². The zero-order valence-electron chi connectivity index (χ0n) is 13.5. The molecule has 1 aromatic heterocycles. The van der Waals surface area contributed by atoms with E-state index in [0.717, 1.165) is 25.2 Å². The van der Waals surface area contributed by atoms with E-state index in [1.54, 1.807) is 6.33 Å². The van der Waals surface area contributed by atoms with E-state index in [-0.39, 0.29) is 0 Å². The van der Waals surface area contributed by atoms with Crippen molar-refractivity contribution in [3.63, 3.8) is 0 Å². The molecule has 0 amide bonds. The topological polar surface area (TPSA) is 42.7 Å². The van der Waals surface area contributed by atoms with E-state index in [1.807, 2.05) is 4.68 Å². The van der Waals surface area contributed by atoms with Crippen LogP contribution in [0.3, 0.4) is 0 Å². The average Bonchev–Trinajstić information content (AvgIpc) is 2.90. The Kier molecular flexibility index (Phi) is 5.51. The van der Waals surface area contributed by atoms with Gasteiger partial charge in [-0.25, -0.2) is 9.67 Å². The van der Waals surface area contributed by atoms with Crippen molar-refractivity contribution in [2.24, 2.45) is 0 Å². The van der Waals surface area contributed by atoms with E-state index in [2.05, 4.69) is 67.4 Å². The maximum absolute atomic E-state index is 4.43. The molecular formula is C17H26N4. The molecule has 1 N–H and O–H groups in total. The minimum absolute atomic E-state index is 0.351. The molecule has 0 saturated heterocycles. The molecule has 1 unspecified atom stereocenters. The molecule has 0 saturated carbocycles. The number of likely N-dealkylation sites (N-methyl/N-ethyl adjacent to an activating group) is 1. The molecule has 0 bridgehead atoms. The van der Waals surface area contributed by atoms with Crippen LogP contribution in [0.4, 0.5) is 0 Å². The molecule has 0 spiro atoms. The lowest BCUT2D eigenvalue weighted by molar-refractivity contribution is 0.459. The molecule has 114 valence electrons. The summed E-state index contributed by atoms with van der Waals surface area (Å²) in [6, 6.07) is 9.52. The summed E-state index contributed by atoms with van der Waals surface area (Å²) in [5.74, 6) is 1.06. The summed E-state index contributed by atoms with van der Waals surface area (Å²) in [6.45, 7) is 9.51. The fraction of sp³-hybridized carbons (Fsp3) is 0.529. The zero-order chi connectivity index (χ0) is 15.2. The fourth-order valence-corrected chi connectivity index (χ4v) is 2.59. The van der Waals surface area contributed by atoms with Crippen molar-refractivity contribution in [1.29, 1.82) is 0 Å². The molecular weight excluding hydrogens is 260 g/mol. The van der Waals surface area contributed by atoms with Gasteiger partial charge in [-0.15, -0.1) is 0 Å². The zero-order valence-corrected chi connectivity index (χ0v) is 13.5. The molecule has 0 aliphatic carbocycles.